The summed E-state index contributed by atoms with van der Waals surface area (Å²) in [6.07, 6.45) is 3.79. The van der Waals surface area contributed by atoms with Crippen LogP contribution < -0.4 is 0 Å². The maximum absolute atomic E-state index is 12.3. The van der Waals surface area contributed by atoms with E-state index in [9.17, 15) is 13.2 Å². The average Bonchev–Trinajstić information content (AvgIpc) is 2.86. The predicted octanol–water partition coefficient (Wildman–Crippen LogP) is 1.06. The summed E-state index contributed by atoms with van der Waals surface area (Å²) < 4.78 is 25.9. The molecule has 1 N–H and O–H groups in total. The summed E-state index contributed by atoms with van der Waals surface area (Å²) >= 11 is 0. The fraction of sp³-hybridized carbons (Fsp3) is 0.909. The molecule has 6 heteroatoms. The quantitative estimate of drug-likeness (QED) is 0.824. The smallest absolute Gasteiger partial charge is 0.310 e. The van der Waals surface area contributed by atoms with Gasteiger partial charge in [0.2, 0.25) is 10.0 Å². The van der Waals surface area contributed by atoms with Crippen LogP contribution in [0.25, 0.3) is 0 Å². The van der Waals surface area contributed by atoms with Gasteiger partial charge in [0.15, 0.2) is 0 Å². The Labute approximate surface area is 102 Å². The zero-order chi connectivity index (χ0) is 12.7. The van der Waals surface area contributed by atoms with Crippen molar-refractivity contribution in [1.82, 2.24) is 4.31 Å². The van der Waals surface area contributed by atoms with Crippen molar-refractivity contribution >= 4 is 16.0 Å². The molecule has 1 aliphatic carbocycles. The summed E-state index contributed by atoms with van der Waals surface area (Å²) in [5.41, 5.74) is -0.911. The number of rotatable bonds is 3. The highest BCUT2D eigenvalue weighted by atomic mass is 32.2. The third-order valence-corrected chi connectivity index (χ3v) is 6.38. The fourth-order valence-electron chi connectivity index (χ4n) is 2.71. The number of hydrogen-bond acceptors (Lipinski definition) is 3. The van der Waals surface area contributed by atoms with Gasteiger partial charge in [-0.1, -0.05) is 12.8 Å². The van der Waals surface area contributed by atoms with Crippen molar-refractivity contribution < 1.29 is 18.3 Å². The SMILES string of the molecule is CC1(C(=O)O)CCN(S(=O)(=O)C2CCCC2)C1. The molecule has 2 rings (SSSR count). The molecule has 98 valence electrons. The average molecular weight is 261 g/mol. The monoisotopic (exact) mass is 261 g/mol. The van der Waals surface area contributed by atoms with Crippen LogP contribution in [0.4, 0.5) is 0 Å². The molecule has 1 saturated heterocycles. The Morgan fingerprint density at radius 1 is 1.35 bits per heavy atom. The number of sulfonamides is 1. The number of hydrogen-bond donors (Lipinski definition) is 1. The van der Waals surface area contributed by atoms with Gasteiger partial charge in [-0.15, -0.1) is 0 Å². The molecule has 0 aromatic heterocycles. The first kappa shape index (κ1) is 12.8. The molecule has 0 amide bonds. The minimum atomic E-state index is -3.27. The molecule has 0 aromatic carbocycles. The number of carboxylic acid groups (broad SMARTS) is 1. The number of carbonyl (C=O) groups is 1. The van der Waals surface area contributed by atoms with E-state index in [0.717, 1.165) is 25.7 Å². The van der Waals surface area contributed by atoms with E-state index in [1.54, 1.807) is 6.92 Å². The fourth-order valence-corrected chi connectivity index (χ4v) is 4.87. The second kappa shape index (κ2) is 4.24. The number of carboxylic acids is 1. The van der Waals surface area contributed by atoms with Gasteiger partial charge in [0, 0.05) is 13.1 Å². The van der Waals surface area contributed by atoms with Crippen LogP contribution >= 0.6 is 0 Å². The lowest BCUT2D eigenvalue weighted by molar-refractivity contribution is -0.146. The molecule has 1 saturated carbocycles. The first-order valence-electron chi connectivity index (χ1n) is 6.09. The minimum absolute atomic E-state index is 0.126. The van der Waals surface area contributed by atoms with Crippen molar-refractivity contribution in [2.75, 3.05) is 13.1 Å². The van der Waals surface area contributed by atoms with Crippen molar-refractivity contribution in [3.8, 4) is 0 Å². The molecular formula is C11H19NO4S. The maximum Gasteiger partial charge on any atom is 0.310 e. The third-order valence-electron chi connectivity index (χ3n) is 4.04. The molecule has 0 aromatic rings. The van der Waals surface area contributed by atoms with Gasteiger partial charge in [0.1, 0.15) is 0 Å². The Balaban J connectivity index is 2.12. The molecule has 2 aliphatic rings. The van der Waals surface area contributed by atoms with Crippen molar-refractivity contribution in [2.24, 2.45) is 5.41 Å². The Morgan fingerprint density at radius 3 is 2.41 bits per heavy atom. The second-order valence-electron chi connectivity index (χ2n) is 5.40. The summed E-state index contributed by atoms with van der Waals surface area (Å²) in [4.78, 5) is 11.1. The molecule has 0 bridgehead atoms. The van der Waals surface area contributed by atoms with E-state index in [2.05, 4.69) is 0 Å². The Kier molecular flexibility index (Phi) is 3.20. The largest absolute Gasteiger partial charge is 0.481 e. The number of nitrogens with zero attached hydrogens (tertiary/aromatic N) is 1. The van der Waals surface area contributed by atoms with E-state index in [1.807, 2.05) is 0 Å². The molecule has 1 aliphatic heterocycles. The van der Waals surface area contributed by atoms with Crippen molar-refractivity contribution in [2.45, 2.75) is 44.3 Å². The zero-order valence-corrected chi connectivity index (χ0v) is 10.9. The highest BCUT2D eigenvalue weighted by molar-refractivity contribution is 7.89. The van der Waals surface area contributed by atoms with Gasteiger partial charge in [-0.2, -0.15) is 0 Å². The Morgan fingerprint density at radius 2 is 1.94 bits per heavy atom. The van der Waals surface area contributed by atoms with E-state index < -0.39 is 21.4 Å². The van der Waals surface area contributed by atoms with E-state index >= 15 is 0 Å². The van der Waals surface area contributed by atoms with Gasteiger partial charge in [-0.05, 0) is 26.2 Å². The lowest BCUT2D eigenvalue weighted by atomic mass is 9.90. The van der Waals surface area contributed by atoms with Gasteiger partial charge in [-0.3, -0.25) is 4.79 Å². The molecular weight excluding hydrogens is 242 g/mol. The molecule has 2 fully saturated rings. The van der Waals surface area contributed by atoms with Gasteiger partial charge >= 0.3 is 5.97 Å². The van der Waals surface area contributed by atoms with Crippen LogP contribution in [0, 0.1) is 5.41 Å². The minimum Gasteiger partial charge on any atom is -0.481 e. The first-order valence-corrected chi connectivity index (χ1v) is 7.59. The molecule has 5 nitrogen and oxygen atoms in total. The molecule has 1 atom stereocenters. The number of aliphatic carboxylic acids is 1. The van der Waals surface area contributed by atoms with Crippen LogP contribution in [0.15, 0.2) is 0 Å². The maximum atomic E-state index is 12.3. The van der Waals surface area contributed by atoms with Crippen molar-refractivity contribution in [3.63, 3.8) is 0 Å². The lowest BCUT2D eigenvalue weighted by Crippen LogP contribution is -2.39. The normalized spacial score (nSPS) is 32.1. The molecule has 1 heterocycles. The molecule has 0 spiro atoms. The molecule has 17 heavy (non-hydrogen) atoms. The standard InChI is InChI=1S/C11H19NO4S/c1-11(10(13)14)6-7-12(8-11)17(15,16)9-4-2-3-5-9/h9H,2-8H2,1H3,(H,13,14). The van der Waals surface area contributed by atoms with Crippen molar-refractivity contribution in [3.05, 3.63) is 0 Å². The van der Waals surface area contributed by atoms with E-state index in [-0.39, 0.29) is 11.8 Å². The topological polar surface area (TPSA) is 74.7 Å². The Bertz CT molecular complexity index is 413. The Hall–Kier alpha value is -0.620. The van der Waals surface area contributed by atoms with Crippen LogP contribution in [-0.2, 0) is 14.8 Å². The van der Waals surface area contributed by atoms with E-state index in [1.165, 1.54) is 4.31 Å². The van der Waals surface area contributed by atoms with Crippen LogP contribution in [0.2, 0.25) is 0 Å². The van der Waals surface area contributed by atoms with Crippen LogP contribution in [0.3, 0.4) is 0 Å². The van der Waals surface area contributed by atoms with Crippen LogP contribution in [-0.4, -0.2) is 42.1 Å². The third kappa shape index (κ3) is 2.20. The summed E-state index contributed by atoms with van der Waals surface area (Å²) in [6.45, 7) is 2.10. The van der Waals surface area contributed by atoms with Gasteiger partial charge < -0.3 is 5.11 Å². The van der Waals surface area contributed by atoms with Gasteiger partial charge in [0.05, 0.1) is 10.7 Å². The lowest BCUT2D eigenvalue weighted by Gasteiger charge is -2.22. The highest BCUT2D eigenvalue weighted by Crippen LogP contribution is 2.35. The molecule has 0 radical (unpaired) electrons. The molecule has 1 unspecified atom stereocenters. The second-order valence-corrected chi connectivity index (χ2v) is 7.61. The highest BCUT2D eigenvalue weighted by Gasteiger charge is 2.46. The van der Waals surface area contributed by atoms with Gasteiger partial charge in [0.25, 0.3) is 0 Å². The van der Waals surface area contributed by atoms with Gasteiger partial charge in [-0.25, -0.2) is 12.7 Å². The first-order chi connectivity index (χ1) is 7.86. The van der Waals surface area contributed by atoms with E-state index in [4.69, 9.17) is 5.11 Å². The zero-order valence-electron chi connectivity index (χ0n) is 10.1. The predicted molar refractivity (Wildman–Crippen MR) is 63.1 cm³/mol. The summed E-state index contributed by atoms with van der Waals surface area (Å²) in [7, 11) is -3.27. The summed E-state index contributed by atoms with van der Waals surface area (Å²) in [5.74, 6) is -0.901. The summed E-state index contributed by atoms with van der Waals surface area (Å²) in [6, 6.07) is 0. The van der Waals surface area contributed by atoms with Crippen LogP contribution in [0.5, 0.6) is 0 Å². The summed E-state index contributed by atoms with van der Waals surface area (Å²) in [5, 5.41) is 8.82. The van der Waals surface area contributed by atoms with E-state index in [0.29, 0.717) is 13.0 Å². The van der Waals surface area contributed by atoms with Crippen molar-refractivity contribution in [1.29, 1.82) is 0 Å². The van der Waals surface area contributed by atoms with Crippen LogP contribution in [0.1, 0.15) is 39.0 Å².